The van der Waals surface area contributed by atoms with Crippen LogP contribution in [0.15, 0.2) is 36.4 Å². The van der Waals surface area contributed by atoms with Gasteiger partial charge in [0.05, 0.1) is 5.56 Å². The molecule has 2 aromatic carbocycles. The van der Waals surface area contributed by atoms with E-state index in [2.05, 4.69) is 0 Å². The third-order valence-electron chi connectivity index (χ3n) is 3.72. The second kappa shape index (κ2) is 5.65. The molecular weight excluding hydrogens is 331 g/mol. The Morgan fingerprint density at radius 1 is 0.958 bits per heavy atom. The van der Waals surface area contributed by atoms with Crippen LogP contribution < -0.4 is 9.47 Å². The normalized spacial score (nSPS) is 16.6. The third kappa shape index (κ3) is 3.16. The van der Waals surface area contributed by atoms with E-state index in [0.717, 1.165) is 17.7 Å². The predicted octanol–water partition coefficient (Wildman–Crippen LogP) is 5.08. The van der Waals surface area contributed by atoms with Crippen molar-refractivity contribution in [3.8, 4) is 11.5 Å². The number of hydrogen-bond donors (Lipinski definition) is 0. The summed E-state index contributed by atoms with van der Waals surface area (Å²) in [6.45, 7) is 0.419. The van der Waals surface area contributed by atoms with Crippen molar-refractivity contribution in [1.82, 2.24) is 0 Å². The molecule has 128 valence electrons. The molecule has 0 bridgehead atoms. The van der Waals surface area contributed by atoms with Crippen LogP contribution in [0.5, 0.6) is 11.5 Å². The number of rotatable bonds is 0. The van der Waals surface area contributed by atoms with Crippen LogP contribution in [0.1, 0.15) is 22.3 Å². The van der Waals surface area contributed by atoms with Gasteiger partial charge in [-0.3, -0.25) is 0 Å². The highest BCUT2D eigenvalue weighted by atomic mass is 19.4. The summed E-state index contributed by atoms with van der Waals surface area (Å²) in [5, 5.41) is 0. The Hall–Kier alpha value is -2.31. The number of hydrogen-bond acceptors (Lipinski definition) is 2. The van der Waals surface area contributed by atoms with Crippen molar-refractivity contribution in [2.24, 2.45) is 0 Å². The van der Waals surface area contributed by atoms with E-state index in [4.69, 9.17) is 9.47 Å². The molecule has 3 rings (SSSR count). The Labute approximate surface area is 134 Å². The van der Waals surface area contributed by atoms with Gasteiger partial charge < -0.3 is 9.47 Å². The Morgan fingerprint density at radius 2 is 1.71 bits per heavy atom. The molecule has 1 aliphatic rings. The van der Waals surface area contributed by atoms with Gasteiger partial charge in [-0.05, 0) is 42.3 Å². The minimum atomic E-state index is -4.70. The van der Waals surface area contributed by atoms with E-state index in [9.17, 15) is 22.0 Å². The highest BCUT2D eigenvalue weighted by Crippen LogP contribution is 2.40. The number of fused-ring (bicyclic) bond motifs is 2. The summed E-state index contributed by atoms with van der Waals surface area (Å²) < 4.78 is 77.9. The monoisotopic (exact) mass is 344 g/mol. The lowest BCUT2D eigenvalue weighted by molar-refractivity contribution is -0.137. The van der Waals surface area contributed by atoms with Crippen molar-refractivity contribution in [3.63, 3.8) is 0 Å². The summed E-state index contributed by atoms with van der Waals surface area (Å²) in [7, 11) is 0. The van der Waals surface area contributed by atoms with Gasteiger partial charge in [-0.25, -0.2) is 0 Å². The Balaban J connectivity index is 2.06. The van der Waals surface area contributed by atoms with Gasteiger partial charge in [-0.1, -0.05) is 12.1 Å². The minimum absolute atomic E-state index is 0.00924. The van der Waals surface area contributed by atoms with Crippen LogP contribution in [0, 0.1) is 6.92 Å². The number of benzene rings is 2. The molecule has 0 N–H and O–H groups in total. The second-order valence-electron chi connectivity index (χ2n) is 5.60. The first-order valence-corrected chi connectivity index (χ1v) is 7.11. The maximum Gasteiger partial charge on any atom is 0.416 e. The summed E-state index contributed by atoms with van der Waals surface area (Å²) >= 11 is 0. The molecule has 7 heteroatoms. The standard InChI is InChI=1S/C17H13F5O2/c1-10-2-5-14-15(6-10)24-9-16(18,19)13-7-12(17(20,21)22)4-3-11(13)8-23-14/h2-7H,8-9H2,1H3. The lowest BCUT2D eigenvalue weighted by Gasteiger charge is -2.20. The molecule has 1 heterocycles. The summed E-state index contributed by atoms with van der Waals surface area (Å²) in [4.78, 5) is 0. The molecule has 2 aromatic rings. The zero-order chi connectivity index (χ0) is 17.5. The highest BCUT2D eigenvalue weighted by Gasteiger charge is 2.39. The molecule has 0 saturated heterocycles. The van der Waals surface area contributed by atoms with E-state index in [1.165, 1.54) is 0 Å². The number of aryl methyl sites for hydroxylation is 1. The summed E-state index contributed by atoms with van der Waals surface area (Å²) in [5.74, 6) is -3.17. The molecule has 0 spiro atoms. The summed E-state index contributed by atoms with van der Waals surface area (Å²) in [6.07, 6.45) is -4.70. The predicted molar refractivity (Wildman–Crippen MR) is 76.3 cm³/mol. The molecule has 0 aliphatic carbocycles. The Kier molecular flexibility index (Phi) is 3.89. The molecule has 0 radical (unpaired) electrons. The largest absolute Gasteiger partial charge is 0.485 e. The number of alkyl halides is 5. The van der Waals surface area contributed by atoms with Crippen LogP contribution >= 0.6 is 0 Å². The van der Waals surface area contributed by atoms with Gasteiger partial charge in [-0.15, -0.1) is 0 Å². The van der Waals surface area contributed by atoms with Gasteiger partial charge in [0.15, 0.2) is 18.1 Å². The van der Waals surface area contributed by atoms with Gasteiger partial charge in [0, 0.05) is 5.56 Å². The Morgan fingerprint density at radius 3 is 2.42 bits per heavy atom. The van der Waals surface area contributed by atoms with Gasteiger partial charge in [0.2, 0.25) is 0 Å². The lowest BCUT2D eigenvalue weighted by Crippen LogP contribution is -2.25. The van der Waals surface area contributed by atoms with E-state index >= 15 is 0 Å². The van der Waals surface area contributed by atoms with Crippen molar-refractivity contribution in [2.75, 3.05) is 6.61 Å². The van der Waals surface area contributed by atoms with Gasteiger partial charge in [0.25, 0.3) is 0 Å². The third-order valence-corrected chi connectivity index (χ3v) is 3.72. The second-order valence-corrected chi connectivity index (χ2v) is 5.60. The summed E-state index contributed by atoms with van der Waals surface area (Å²) in [6, 6.07) is 7.11. The lowest BCUT2D eigenvalue weighted by atomic mass is 9.99. The smallest absolute Gasteiger partial charge is 0.416 e. The summed E-state index contributed by atoms with van der Waals surface area (Å²) in [5.41, 5.74) is -1.09. The molecule has 1 aliphatic heterocycles. The Bertz CT molecular complexity index is 768. The number of ether oxygens (including phenoxy) is 2. The van der Waals surface area contributed by atoms with E-state index in [-0.39, 0.29) is 23.7 Å². The van der Waals surface area contributed by atoms with Crippen molar-refractivity contribution < 1.29 is 31.4 Å². The average molecular weight is 344 g/mol. The van der Waals surface area contributed by atoms with Crippen LogP contribution in [0.25, 0.3) is 0 Å². The fraction of sp³-hybridized carbons (Fsp3) is 0.294. The fourth-order valence-corrected chi connectivity index (χ4v) is 2.47. The van der Waals surface area contributed by atoms with Gasteiger partial charge in [0.1, 0.15) is 6.61 Å². The molecular formula is C17H13F5O2. The molecule has 0 aromatic heterocycles. The van der Waals surface area contributed by atoms with E-state index in [1.807, 2.05) is 0 Å². The van der Waals surface area contributed by atoms with Crippen molar-refractivity contribution in [1.29, 1.82) is 0 Å². The SMILES string of the molecule is Cc1ccc2c(c1)OCC(F)(F)c1cc(C(F)(F)F)ccc1CO2. The molecule has 24 heavy (non-hydrogen) atoms. The minimum Gasteiger partial charge on any atom is -0.485 e. The van der Waals surface area contributed by atoms with E-state index in [1.54, 1.807) is 25.1 Å². The molecule has 0 fully saturated rings. The highest BCUT2D eigenvalue weighted by molar-refractivity contribution is 5.44. The van der Waals surface area contributed by atoms with Crippen LogP contribution in [-0.4, -0.2) is 6.61 Å². The first-order chi connectivity index (χ1) is 11.2. The van der Waals surface area contributed by atoms with Crippen LogP contribution in [0.4, 0.5) is 22.0 Å². The first kappa shape index (κ1) is 16.5. The van der Waals surface area contributed by atoms with E-state index in [0.29, 0.717) is 6.07 Å². The van der Waals surface area contributed by atoms with Gasteiger partial charge in [-0.2, -0.15) is 22.0 Å². The van der Waals surface area contributed by atoms with Crippen LogP contribution in [-0.2, 0) is 18.7 Å². The zero-order valence-corrected chi connectivity index (χ0v) is 12.6. The average Bonchev–Trinajstić information content (AvgIpc) is 2.55. The van der Waals surface area contributed by atoms with Crippen molar-refractivity contribution in [3.05, 3.63) is 58.7 Å². The van der Waals surface area contributed by atoms with Crippen molar-refractivity contribution >= 4 is 0 Å². The van der Waals surface area contributed by atoms with Crippen LogP contribution in [0.3, 0.4) is 0 Å². The number of halogens is 5. The zero-order valence-electron chi connectivity index (χ0n) is 12.6. The maximum atomic E-state index is 14.4. The molecule has 0 atom stereocenters. The molecule has 0 amide bonds. The molecule has 0 saturated carbocycles. The first-order valence-electron chi connectivity index (χ1n) is 7.11. The van der Waals surface area contributed by atoms with Crippen LogP contribution in [0.2, 0.25) is 0 Å². The topological polar surface area (TPSA) is 18.5 Å². The van der Waals surface area contributed by atoms with Gasteiger partial charge >= 0.3 is 12.1 Å². The molecule has 2 nitrogen and oxygen atoms in total. The quantitative estimate of drug-likeness (QED) is 0.621. The molecule has 0 unspecified atom stereocenters. The van der Waals surface area contributed by atoms with E-state index < -0.39 is 29.8 Å². The van der Waals surface area contributed by atoms with Crippen molar-refractivity contribution in [2.45, 2.75) is 25.6 Å². The maximum absolute atomic E-state index is 14.4. The fourth-order valence-electron chi connectivity index (χ4n) is 2.47.